The second kappa shape index (κ2) is 7.06. The first-order chi connectivity index (χ1) is 12.7. The second-order valence-corrected chi connectivity index (χ2v) is 6.28. The normalized spacial score (nSPS) is 12.0. The van der Waals surface area contributed by atoms with Gasteiger partial charge in [-0.3, -0.25) is 9.78 Å². The number of pyridine rings is 1. The molecule has 5 nitrogen and oxygen atoms in total. The monoisotopic (exact) mass is 366 g/mol. The fraction of sp³-hybridized carbons (Fsp3) is 0.100. The highest BCUT2D eigenvalue weighted by molar-refractivity contribution is 6.30. The smallest absolute Gasteiger partial charge is 0.253 e. The van der Waals surface area contributed by atoms with Crippen LogP contribution in [0.4, 0.5) is 0 Å². The van der Waals surface area contributed by atoms with Crippen LogP contribution in [0, 0.1) is 0 Å². The van der Waals surface area contributed by atoms with Gasteiger partial charge in [0, 0.05) is 29.5 Å². The van der Waals surface area contributed by atoms with Crippen molar-refractivity contribution in [1.29, 1.82) is 0 Å². The zero-order valence-electron chi connectivity index (χ0n) is 13.7. The van der Waals surface area contributed by atoms with Crippen molar-refractivity contribution < 1.29 is 14.3 Å². The number of carbonyl (C=O) groups is 1. The largest absolute Gasteiger partial charge is 0.454 e. The quantitative estimate of drug-likeness (QED) is 0.756. The van der Waals surface area contributed by atoms with Crippen LogP contribution in [0.25, 0.3) is 11.1 Å². The summed E-state index contributed by atoms with van der Waals surface area (Å²) in [5.41, 5.74) is 3.17. The topological polar surface area (TPSA) is 60.5 Å². The minimum atomic E-state index is -0.195. The van der Waals surface area contributed by atoms with Crippen molar-refractivity contribution in [3.8, 4) is 22.6 Å². The van der Waals surface area contributed by atoms with Crippen LogP contribution in [-0.2, 0) is 6.54 Å². The molecule has 0 saturated carbocycles. The molecule has 3 aromatic rings. The first-order valence-corrected chi connectivity index (χ1v) is 8.44. The Bertz CT molecular complexity index is 975. The van der Waals surface area contributed by atoms with E-state index in [0.717, 1.165) is 22.4 Å². The Labute approximate surface area is 155 Å². The van der Waals surface area contributed by atoms with E-state index in [1.54, 1.807) is 24.5 Å². The van der Waals surface area contributed by atoms with Crippen molar-refractivity contribution in [3.63, 3.8) is 0 Å². The maximum Gasteiger partial charge on any atom is 0.253 e. The maximum absolute atomic E-state index is 12.5. The number of fused-ring (bicyclic) bond motifs is 1. The summed E-state index contributed by atoms with van der Waals surface area (Å²) in [6.07, 6.45) is 3.25. The molecule has 1 aromatic heterocycles. The van der Waals surface area contributed by atoms with E-state index in [-0.39, 0.29) is 12.7 Å². The van der Waals surface area contributed by atoms with E-state index in [2.05, 4.69) is 10.3 Å². The Hall–Kier alpha value is -3.05. The number of nitrogens with one attached hydrogen (secondary N) is 1. The van der Waals surface area contributed by atoms with Crippen LogP contribution in [0.3, 0.4) is 0 Å². The number of carbonyl (C=O) groups excluding carboxylic acids is 1. The molecule has 2 aromatic carbocycles. The standard InChI is InChI=1S/C20H15ClN2O3/c21-17-3-1-2-14(8-17)15-7-16(11-22-10-15)20(24)23-9-13-4-5-18-19(6-13)26-12-25-18/h1-8,10-11H,9,12H2,(H,23,24). The summed E-state index contributed by atoms with van der Waals surface area (Å²) in [4.78, 5) is 16.6. The summed E-state index contributed by atoms with van der Waals surface area (Å²) in [5, 5.41) is 3.53. The Morgan fingerprint density at radius 1 is 1.04 bits per heavy atom. The van der Waals surface area contributed by atoms with Crippen LogP contribution in [0.1, 0.15) is 15.9 Å². The van der Waals surface area contributed by atoms with Gasteiger partial charge in [0.05, 0.1) is 5.56 Å². The van der Waals surface area contributed by atoms with Gasteiger partial charge >= 0.3 is 0 Å². The Morgan fingerprint density at radius 2 is 1.92 bits per heavy atom. The van der Waals surface area contributed by atoms with Crippen molar-refractivity contribution in [1.82, 2.24) is 10.3 Å². The highest BCUT2D eigenvalue weighted by atomic mass is 35.5. The number of hydrogen-bond acceptors (Lipinski definition) is 4. The Morgan fingerprint density at radius 3 is 2.81 bits per heavy atom. The van der Waals surface area contributed by atoms with Gasteiger partial charge in [0.1, 0.15) is 0 Å². The van der Waals surface area contributed by atoms with E-state index in [0.29, 0.717) is 22.9 Å². The van der Waals surface area contributed by atoms with Crippen molar-refractivity contribution in [2.75, 3.05) is 6.79 Å². The third kappa shape index (κ3) is 3.48. The lowest BCUT2D eigenvalue weighted by Gasteiger charge is -2.08. The van der Waals surface area contributed by atoms with Crippen molar-refractivity contribution in [2.24, 2.45) is 0 Å². The molecule has 0 radical (unpaired) electrons. The number of halogens is 1. The highest BCUT2D eigenvalue weighted by Gasteiger charge is 2.14. The second-order valence-electron chi connectivity index (χ2n) is 5.84. The van der Waals surface area contributed by atoms with E-state index in [9.17, 15) is 4.79 Å². The average molecular weight is 367 g/mol. The molecule has 130 valence electrons. The van der Waals surface area contributed by atoms with E-state index >= 15 is 0 Å². The Kier molecular flexibility index (Phi) is 4.46. The molecule has 26 heavy (non-hydrogen) atoms. The molecule has 1 N–H and O–H groups in total. The number of nitrogens with zero attached hydrogens (tertiary/aromatic N) is 1. The molecule has 0 aliphatic carbocycles. The minimum absolute atomic E-state index is 0.195. The van der Waals surface area contributed by atoms with Crippen LogP contribution in [0.15, 0.2) is 60.9 Å². The predicted molar refractivity (Wildman–Crippen MR) is 98.4 cm³/mol. The van der Waals surface area contributed by atoms with Crippen molar-refractivity contribution in [2.45, 2.75) is 6.54 Å². The summed E-state index contributed by atoms with van der Waals surface area (Å²) in [6.45, 7) is 0.615. The molecule has 0 atom stereocenters. The van der Waals surface area contributed by atoms with Crippen LogP contribution in [-0.4, -0.2) is 17.7 Å². The van der Waals surface area contributed by atoms with E-state index < -0.39 is 0 Å². The van der Waals surface area contributed by atoms with Gasteiger partial charge in [-0.25, -0.2) is 0 Å². The third-order valence-corrected chi connectivity index (χ3v) is 4.28. The number of aromatic nitrogens is 1. The maximum atomic E-state index is 12.5. The molecule has 1 amide bonds. The molecule has 2 heterocycles. The number of rotatable bonds is 4. The third-order valence-electron chi connectivity index (χ3n) is 4.05. The molecular weight excluding hydrogens is 352 g/mol. The summed E-state index contributed by atoms with van der Waals surface area (Å²) in [6, 6.07) is 14.8. The van der Waals surface area contributed by atoms with Gasteiger partial charge in [-0.2, -0.15) is 0 Å². The fourth-order valence-corrected chi connectivity index (χ4v) is 2.92. The van der Waals surface area contributed by atoms with Gasteiger partial charge in [0.25, 0.3) is 5.91 Å². The number of hydrogen-bond donors (Lipinski definition) is 1. The summed E-state index contributed by atoms with van der Waals surface area (Å²) < 4.78 is 10.6. The zero-order valence-corrected chi connectivity index (χ0v) is 14.5. The van der Waals surface area contributed by atoms with Gasteiger partial charge in [-0.1, -0.05) is 29.8 Å². The van der Waals surface area contributed by atoms with Gasteiger partial charge in [0.15, 0.2) is 11.5 Å². The van der Waals surface area contributed by atoms with Crippen LogP contribution >= 0.6 is 11.6 Å². The fourth-order valence-electron chi connectivity index (χ4n) is 2.73. The summed E-state index contributed by atoms with van der Waals surface area (Å²) >= 11 is 6.04. The van der Waals surface area contributed by atoms with E-state index in [4.69, 9.17) is 21.1 Å². The van der Waals surface area contributed by atoms with Gasteiger partial charge in [-0.15, -0.1) is 0 Å². The lowest BCUT2D eigenvalue weighted by atomic mass is 10.1. The van der Waals surface area contributed by atoms with E-state index in [1.165, 1.54) is 0 Å². The summed E-state index contributed by atoms with van der Waals surface area (Å²) in [7, 11) is 0. The van der Waals surface area contributed by atoms with Crippen LogP contribution in [0.2, 0.25) is 5.02 Å². The Balaban J connectivity index is 1.47. The lowest BCUT2D eigenvalue weighted by Crippen LogP contribution is -2.22. The highest BCUT2D eigenvalue weighted by Crippen LogP contribution is 2.32. The molecule has 1 aliphatic rings. The first kappa shape index (κ1) is 16.4. The van der Waals surface area contributed by atoms with Gasteiger partial charge < -0.3 is 14.8 Å². The van der Waals surface area contributed by atoms with Gasteiger partial charge in [-0.05, 0) is 41.5 Å². The molecule has 0 bridgehead atoms. The number of ether oxygens (including phenoxy) is 2. The SMILES string of the molecule is O=C(NCc1ccc2c(c1)OCO2)c1cncc(-c2cccc(Cl)c2)c1. The first-order valence-electron chi connectivity index (χ1n) is 8.07. The molecule has 1 aliphatic heterocycles. The van der Waals surface area contributed by atoms with Crippen molar-refractivity contribution >= 4 is 17.5 Å². The average Bonchev–Trinajstić information content (AvgIpc) is 3.14. The molecule has 0 unspecified atom stereocenters. The molecule has 6 heteroatoms. The van der Waals surface area contributed by atoms with Crippen LogP contribution < -0.4 is 14.8 Å². The molecule has 0 saturated heterocycles. The lowest BCUT2D eigenvalue weighted by molar-refractivity contribution is 0.0950. The number of benzene rings is 2. The number of amides is 1. The van der Waals surface area contributed by atoms with E-state index in [1.807, 2.05) is 36.4 Å². The summed E-state index contributed by atoms with van der Waals surface area (Å²) in [5.74, 6) is 1.22. The minimum Gasteiger partial charge on any atom is -0.454 e. The van der Waals surface area contributed by atoms with Crippen LogP contribution in [0.5, 0.6) is 11.5 Å². The van der Waals surface area contributed by atoms with Crippen molar-refractivity contribution in [3.05, 3.63) is 77.1 Å². The molecule has 0 spiro atoms. The zero-order chi connectivity index (χ0) is 17.9. The molecule has 4 rings (SSSR count). The predicted octanol–water partition coefficient (Wildman–Crippen LogP) is 4.06. The molecular formula is C20H15ClN2O3. The molecule has 0 fully saturated rings. The van der Waals surface area contributed by atoms with Gasteiger partial charge in [0.2, 0.25) is 6.79 Å².